The van der Waals surface area contributed by atoms with E-state index in [4.69, 9.17) is 9.52 Å². The Balaban J connectivity index is 2.48. The zero-order valence-corrected chi connectivity index (χ0v) is 12.0. The normalized spacial score (nSPS) is 13.3. The Morgan fingerprint density at radius 1 is 1.35 bits per heavy atom. The second kappa shape index (κ2) is 5.74. The van der Waals surface area contributed by atoms with Crippen LogP contribution in [0.25, 0.3) is 11.3 Å². The van der Waals surface area contributed by atoms with Gasteiger partial charge in [0.05, 0.1) is 6.61 Å². The largest absolute Gasteiger partial charge is 0.440 e. The van der Waals surface area contributed by atoms with Gasteiger partial charge in [-0.15, -0.1) is 0 Å². The van der Waals surface area contributed by atoms with Crippen LogP contribution in [0, 0.1) is 6.92 Å². The fraction of sp³-hybridized carbons (Fsp3) is 0.308. The summed E-state index contributed by atoms with van der Waals surface area (Å²) >= 11 is 0. The summed E-state index contributed by atoms with van der Waals surface area (Å²) in [5.74, 6) is 0.460. The van der Waals surface area contributed by atoms with Crippen molar-refractivity contribution in [1.82, 2.24) is 9.71 Å². The second-order valence-electron chi connectivity index (χ2n) is 4.44. The molecule has 2 N–H and O–H groups in total. The Morgan fingerprint density at radius 2 is 2.00 bits per heavy atom. The summed E-state index contributed by atoms with van der Waals surface area (Å²) in [7, 11) is -3.84. The predicted molar refractivity (Wildman–Crippen MR) is 73.5 cm³/mol. The first-order valence-corrected chi connectivity index (χ1v) is 7.58. The zero-order valence-electron chi connectivity index (χ0n) is 11.2. The van der Waals surface area contributed by atoms with E-state index in [0.717, 1.165) is 0 Å². The van der Waals surface area contributed by atoms with Crippen molar-refractivity contribution in [3.05, 3.63) is 36.2 Å². The Hall–Kier alpha value is -1.70. The molecular weight excluding hydrogens is 280 g/mol. The summed E-state index contributed by atoms with van der Waals surface area (Å²) in [4.78, 5) is 3.95. The molecule has 0 aliphatic rings. The number of benzene rings is 1. The highest BCUT2D eigenvalue weighted by Crippen LogP contribution is 2.27. The maximum absolute atomic E-state index is 12.3. The van der Waals surface area contributed by atoms with E-state index in [-0.39, 0.29) is 23.3 Å². The number of oxazole rings is 1. The molecule has 0 bridgehead atoms. The molecule has 0 spiro atoms. The number of aliphatic hydroxyl groups is 1. The highest BCUT2D eigenvalue weighted by molar-refractivity contribution is 7.89. The van der Waals surface area contributed by atoms with Gasteiger partial charge >= 0.3 is 0 Å². The number of aromatic nitrogens is 1. The molecule has 6 nitrogen and oxygen atoms in total. The molecule has 1 heterocycles. The van der Waals surface area contributed by atoms with Crippen LogP contribution in [-0.2, 0) is 10.0 Å². The number of rotatable bonds is 5. The lowest BCUT2D eigenvalue weighted by molar-refractivity contribution is 0.265. The van der Waals surface area contributed by atoms with E-state index in [1.54, 1.807) is 38.1 Å². The molecule has 1 atom stereocenters. The van der Waals surface area contributed by atoms with Crippen molar-refractivity contribution >= 4 is 10.0 Å². The Labute approximate surface area is 117 Å². The molecule has 0 radical (unpaired) electrons. The van der Waals surface area contributed by atoms with Crippen LogP contribution in [0.3, 0.4) is 0 Å². The summed E-state index contributed by atoms with van der Waals surface area (Å²) < 4.78 is 32.3. The molecule has 0 unspecified atom stereocenters. The van der Waals surface area contributed by atoms with Gasteiger partial charge < -0.3 is 9.52 Å². The van der Waals surface area contributed by atoms with Crippen LogP contribution < -0.4 is 4.72 Å². The van der Waals surface area contributed by atoms with Crippen LogP contribution in [0.4, 0.5) is 0 Å². The molecule has 7 heteroatoms. The molecular formula is C13H16N2O4S. The van der Waals surface area contributed by atoms with Gasteiger partial charge in [-0.25, -0.2) is 18.1 Å². The van der Waals surface area contributed by atoms with E-state index in [2.05, 4.69) is 9.71 Å². The van der Waals surface area contributed by atoms with Crippen molar-refractivity contribution in [3.63, 3.8) is 0 Å². The molecule has 0 fully saturated rings. The van der Waals surface area contributed by atoms with Crippen LogP contribution in [0.15, 0.2) is 39.8 Å². The maximum Gasteiger partial charge on any atom is 0.262 e. The fourth-order valence-corrected chi connectivity index (χ4v) is 3.09. The molecule has 0 amide bonds. The monoisotopic (exact) mass is 296 g/mol. The van der Waals surface area contributed by atoms with Crippen LogP contribution in [0.1, 0.15) is 12.8 Å². The van der Waals surface area contributed by atoms with Crippen molar-refractivity contribution in [2.24, 2.45) is 0 Å². The molecule has 108 valence electrons. The lowest BCUT2D eigenvalue weighted by Gasteiger charge is -2.10. The first kappa shape index (κ1) is 14.7. The summed E-state index contributed by atoms with van der Waals surface area (Å²) in [5.41, 5.74) is 0.630. The van der Waals surface area contributed by atoms with Gasteiger partial charge in [0.1, 0.15) is 0 Å². The lowest BCUT2D eigenvalue weighted by atomic mass is 10.2. The minimum absolute atomic E-state index is 0.165. The van der Waals surface area contributed by atoms with Gasteiger partial charge in [0.15, 0.2) is 11.7 Å². The molecule has 1 aromatic carbocycles. The number of nitrogens with zero attached hydrogens (tertiary/aromatic N) is 1. The van der Waals surface area contributed by atoms with Crippen LogP contribution in [0.2, 0.25) is 0 Å². The van der Waals surface area contributed by atoms with E-state index in [0.29, 0.717) is 5.56 Å². The highest BCUT2D eigenvalue weighted by atomic mass is 32.2. The second-order valence-corrected chi connectivity index (χ2v) is 6.07. The highest BCUT2D eigenvalue weighted by Gasteiger charge is 2.27. The average molecular weight is 296 g/mol. The van der Waals surface area contributed by atoms with Gasteiger partial charge in [-0.1, -0.05) is 30.3 Å². The minimum Gasteiger partial charge on any atom is -0.440 e. The Bertz CT molecular complexity index is 680. The fourth-order valence-electron chi connectivity index (χ4n) is 1.72. The zero-order chi connectivity index (χ0) is 14.8. The minimum atomic E-state index is -3.84. The summed E-state index contributed by atoms with van der Waals surface area (Å²) in [5, 5.41) is 8.80. The van der Waals surface area contributed by atoms with Crippen molar-refractivity contribution < 1.29 is 17.9 Å². The van der Waals surface area contributed by atoms with Gasteiger partial charge in [-0.2, -0.15) is 0 Å². The smallest absolute Gasteiger partial charge is 0.262 e. The first-order valence-electron chi connectivity index (χ1n) is 6.10. The first-order chi connectivity index (χ1) is 9.44. The van der Waals surface area contributed by atoms with Gasteiger partial charge in [-0.3, -0.25) is 0 Å². The molecule has 0 aliphatic heterocycles. The summed E-state index contributed by atoms with van der Waals surface area (Å²) in [6, 6.07) is 8.29. The van der Waals surface area contributed by atoms with Crippen molar-refractivity contribution in [3.8, 4) is 11.3 Å². The standard InChI is InChI=1S/C13H16N2O4S/c1-9(8-16)15-20(17,18)13-12(19-10(2)14-13)11-6-4-3-5-7-11/h3-7,9,15-16H,8H2,1-2H3/t9-/m0/s1. The van der Waals surface area contributed by atoms with Gasteiger partial charge in [-0.05, 0) is 6.92 Å². The number of nitrogens with one attached hydrogen (secondary N) is 1. The number of aliphatic hydroxyl groups excluding tert-OH is 1. The van der Waals surface area contributed by atoms with Gasteiger partial charge in [0.25, 0.3) is 10.0 Å². The van der Waals surface area contributed by atoms with Crippen molar-refractivity contribution in [2.75, 3.05) is 6.61 Å². The topological polar surface area (TPSA) is 92.4 Å². The summed E-state index contributed by atoms with van der Waals surface area (Å²) in [6.45, 7) is 2.85. The lowest BCUT2D eigenvalue weighted by Crippen LogP contribution is -2.35. The number of aryl methyl sites for hydroxylation is 1. The van der Waals surface area contributed by atoms with Crippen molar-refractivity contribution in [2.45, 2.75) is 24.9 Å². The SMILES string of the molecule is Cc1nc(S(=O)(=O)N[C@@H](C)CO)c(-c2ccccc2)o1. The molecule has 20 heavy (non-hydrogen) atoms. The quantitative estimate of drug-likeness (QED) is 0.868. The molecule has 0 saturated carbocycles. The van der Waals surface area contributed by atoms with E-state index < -0.39 is 16.1 Å². The molecule has 1 aromatic heterocycles. The third kappa shape index (κ3) is 3.06. The molecule has 0 saturated heterocycles. The Morgan fingerprint density at radius 3 is 2.60 bits per heavy atom. The molecule has 0 aliphatic carbocycles. The van der Waals surface area contributed by atoms with Gasteiger partial charge in [0.2, 0.25) is 5.03 Å². The van der Waals surface area contributed by atoms with E-state index in [1.807, 2.05) is 6.07 Å². The molecule has 2 aromatic rings. The maximum atomic E-state index is 12.3. The molecule has 2 rings (SSSR count). The van der Waals surface area contributed by atoms with E-state index in [1.165, 1.54) is 0 Å². The third-order valence-electron chi connectivity index (χ3n) is 2.62. The van der Waals surface area contributed by atoms with E-state index >= 15 is 0 Å². The Kier molecular flexibility index (Phi) is 4.22. The average Bonchev–Trinajstić information content (AvgIpc) is 2.82. The van der Waals surface area contributed by atoms with E-state index in [9.17, 15) is 8.42 Å². The predicted octanol–water partition coefficient (Wildman–Crippen LogP) is 1.31. The van der Waals surface area contributed by atoms with Crippen LogP contribution in [-0.4, -0.2) is 31.2 Å². The summed E-state index contributed by atoms with van der Waals surface area (Å²) in [6.07, 6.45) is 0. The van der Waals surface area contributed by atoms with Gasteiger partial charge in [0, 0.05) is 18.5 Å². The third-order valence-corrected chi connectivity index (χ3v) is 4.12. The number of hydrogen-bond donors (Lipinski definition) is 2. The number of hydrogen-bond acceptors (Lipinski definition) is 5. The van der Waals surface area contributed by atoms with Crippen molar-refractivity contribution in [1.29, 1.82) is 0 Å². The van der Waals surface area contributed by atoms with Crippen LogP contribution in [0.5, 0.6) is 0 Å². The number of sulfonamides is 1. The van der Waals surface area contributed by atoms with Crippen LogP contribution >= 0.6 is 0 Å².